The lowest BCUT2D eigenvalue weighted by atomic mass is 10.1. The Balaban J connectivity index is 1.35. The predicted octanol–water partition coefficient (Wildman–Crippen LogP) is 4.25. The maximum Gasteiger partial charge on any atom is 0.230 e. The quantitative estimate of drug-likeness (QED) is 0.508. The van der Waals surface area contributed by atoms with Gasteiger partial charge < -0.3 is 10.6 Å². The molecule has 1 heterocycles. The van der Waals surface area contributed by atoms with Gasteiger partial charge in [0.2, 0.25) is 11.0 Å². The Bertz CT molecular complexity index is 856. The molecular formula is C19H19ClN4OS2. The minimum atomic E-state index is -0.0111. The highest BCUT2D eigenvalue weighted by Gasteiger charge is 2.08. The third-order valence-corrected chi connectivity index (χ3v) is 5.94. The van der Waals surface area contributed by atoms with E-state index in [0.717, 1.165) is 21.5 Å². The first-order chi connectivity index (χ1) is 13.2. The van der Waals surface area contributed by atoms with E-state index in [0.29, 0.717) is 23.9 Å². The van der Waals surface area contributed by atoms with Gasteiger partial charge in [-0.1, -0.05) is 77.2 Å². The van der Waals surface area contributed by atoms with Gasteiger partial charge in [0.1, 0.15) is 0 Å². The first-order valence-electron chi connectivity index (χ1n) is 8.44. The molecule has 0 aliphatic rings. The number of carbonyl (C=O) groups excluding carboxylic acids is 1. The summed E-state index contributed by atoms with van der Waals surface area (Å²) in [5.74, 6) is 0.316. The molecule has 0 aliphatic heterocycles. The van der Waals surface area contributed by atoms with Crippen LogP contribution in [0, 0.1) is 0 Å². The molecule has 0 aliphatic carbocycles. The van der Waals surface area contributed by atoms with Gasteiger partial charge >= 0.3 is 0 Å². The fourth-order valence-corrected chi connectivity index (χ4v) is 3.99. The van der Waals surface area contributed by atoms with E-state index >= 15 is 0 Å². The molecule has 0 unspecified atom stereocenters. The standard InChI is InChI=1S/C19H19ClN4OS2/c20-16-8-6-14(7-9-16)10-11-21-17(25)13-26-19-24-23-18(27-19)22-12-15-4-2-1-3-5-15/h1-9H,10-13H2,(H,21,25)(H,22,23). The Morgan fingerprint density at radius 1 is 1.04 bits per heavy atom. The van der Waals surface area contributed by atoms with Crippen LogP contribution < -0.4 is 10.6 Å². The first kappa shape index (κ1) is 19.7. The van der Waals surface area contributed by atoms with Crippen molar-refractivity contribution in [1.82, 2.24) is 15.5 Å². The molecule has 0 saturated heterocycles. The van der Waals surface area contributed by atoms with Gasteiger partial charge in [0, 0.05) is 18.1 Å². The number of benzene rings is 2. The van der Waals surface area contributed by atoms with Crippen LogP contribution in [0.2, 0.25) is 5.02 Å². The molecule has 2 aromatic carbocycles. The number of nitrogens with zero attached hydrogens (tertiary/aromatic N) is 2. The fourth-order valence-electron chi connectivity index (χ4n) is 2.29. The Hall–Kier alpha value is -2.09. The van der Waals surface area contributed by atoms with Crippen molar-refractivity contribution in [2.24, 2.45) is 0 Å². The molecule has 8 heteroatoms. The molecule has 3 aromatic rings. The Morgan fingerprint density at radius 2 is 1.81 bits per heavy atom. The maximum atomic E-state index is 12.0. The summed E-state index contributed by atoms with van der Waals surface area (Å²) in [5, 5.41) is 15.9. The molecule has 27 heavy (non-hydrogen) atoms. The highest BCUT2D eigenvalue weighted by molar-refractivity contribution is 8.01. The van der Waals surface area contributed by atoms with Crippen molar-refractivity contribution in [3.63, 3.8) is 0 Å². The lowest BCUT2D eigenvalue weighted by Crippen LogP contribution is -2.27. The number of thioether (sulfide) groups is 1. The number of amides is 1. The van der Waals surface area contributed by atoms with Crippen LogP contribution in [0.1, 0.15) is 11.1 Å². The summed E-state index contributed by atoms with van der Waals surface area (Å²) < 4.78 is 0.776. The number of halogens is 1. The van der Waals surface area contributed by atoms with Crippen molar-refractivity contribution in [1.29, 1.82) is 0 Å². The average molecular weight is 419 g/mol. The van der Waals surface area contributed by atoms with Crippen molar-refractivity contribution >= 4 is 45.7 Å². The van der Waals surface area contributed by atoms with Crippen molar-refractivity contribution in [3.8, 4) is 0 Å². The van der Waals surface area contributed by atoms with Gasteiger partial charge in [0.15, 0.2) is 4.34 Å². The molecular weight excluding hydrogens is 400 g/mol. The lowest BCUT2D eigenvalue weighted by molar-refractivity contribution is -0.118. The predicted molar refractivity (Wildman–Crippen MR) is 113 cm³/mol. The Labute approximate surface area is 171 Å². The molecule has 0 bridgehead atoms. The van der Waals surface area contributed by atoms with E-state index in [1.54, 1.807) is 0 Å². The lowest BCUT2D eigenvalue weighted by Gasteiger charge is -2.04. The average Bonchev–Trinajstić information content (AvgIpc) is 3.15. The zero-order valence-corrected chi connectivity index (χ0v) is 16.9. The second-order valence-electron chi connectivity index (χ2n) is 5.73. The molecule has 5 nitrogen and oxygen atoms in total. The van der Waals surface area contributed by atoms with Crippen LogP contribution in [0.4, 0.5) is 5.13 Å². The SMILES string of the molecule is O=C(CSc1nnc(NCc2ccccc2)s1)NCCc1ccc(Cl)cc1. The Morgan fingerprint density at radius 3 is 2.59 bits per heavy atom. The van der Waals surface area contributed by atoms with Crippen molar-refractivity contribution < 1.29 is 4.79 Å². The van der Waals surface area contributed by atoms with Crippen molar-refractivity contribution in [2.45, 2.75) is 17.3 Å². The monoisotopic (exact) mass is 418 g/mol. The number of nitrogens with one attached hydrogen (secondary N) is 2. The summed E-state index contributed by atoms with van der Waals surface area (Å²) in [6.45, 7) is 1.30. The molecule has 0 fully saturated rings. The molecule has 1 aromatic heterocycles. The third kappa shape index (κ3) is 6.86. The van der Waals surface area contributed by atoms with Crippen molar-refractivity contribution in [2.75, 3.05) is 17.6 Å². The maximum absolute atomic E-state index is 12.0. The fraction of sp³-hybridized carbons (Fsp3) is 0.211. The number of anilines is 1. The molecule has 0 saturated carbocycles. The normalized spacial score (nSPS) is 10.6. The van der Waals surface area contributed by atoms with E-state index in [2.05, 4.69) is 33.0 Å². The van der Waals surface area contributed by atoms with Crippen LogP contribution in [-0.2, 0) is 17.8 Å². The number of rotatable bonds is 9. The van der Waals surface area contributed by atoms with Gasteiger partial charge in [-0.2, -0.15) is 0 Å². The van der Waals surface area contributed by atoms with Gasteiger partial charge in [-0.15, -0.1) is 10.2 Å². The van der Waals surface area contributed by atoms with Gasteiger partial charge in [0.25, 0.3) is 0 Å². The van der Waals surface area contributed by atoms with Crippen LogP contribution in [-0.4, -0.2) is 28.4 Å². The number of hydrogen-bond acceptors (Lipinski definition) is 6. The molecule has 1 amide bonds. The van der Waals surface area contributed by atoms with Gasteiger partial charge in [-0.25, -0.2) is 0 Å². The van der Waals surface area contributed by atoms with E-state index < -0.39 is 0 Å². The first-order valence-corrected chi connectivity index (χ1v) is 10.6. The zero-order chi connectivity index (χ0) is 18.9. The second-order valence-corrected chi connectivity index (χ2v) is 8.36. The van der Waals surface area contributed by atoms with Crippen LogP contribution in [0.15, 0.2) is 58.9 Å². The summed E-state index contributed by atoms with van der Waals surface area (Å²) in [6, 6.07) is 17.7. The summed E-state index contributed by atoms with van der Waals surface area (Å²) >= 11 is 8.71. The van der Waals surface area contributed by atoms with Crippen LogP contribution in [0.5, 0.6) is 0 Å². The summed E-state index contributed by atoms with van der Waals surface area (Å²) in [5.41, 5.74) is 2.33. The topological polar surface area (TPSA) is 66.9 Å². The van der Waals surface area contributed by atoms with Crippen LogP contribution in [0.3, 0.4) is 0 Å². The van der Waals surface area contributed by atoms with Gasteiger partial charge in [0.05, 0.1) is 5.75 Å². The second kappa shape index (κ2) is 10.3. The van der Waals surface area contributed by atoms with E-state index in [-0.39, 0.29) is 5.91 Å². The van der Waals surface area contributed by atoms with Gasteiger partial charge in [-0.3, -0.25) is 4.79 Å². The summed E-state index contributed by atoms with van der Waals surface area (Å²) in [6.07, 6.45) is 0.778. The Kier molecular flexibility index (Phi) is 7.50. The van der Waals surface area contributed by atoms with Crippen LogP contribution >= 0.6 is 34.7 Å². The van der Waals surface area contributed by atoms with Crippen molar-refractivity contribution in [3.05, 3.63) is 70.7 Å². The largest absolute Gasteiger partial charge is 0.356 e. The van der Waals surface area contributed by atoms with Crippen LogP contribution in [0.25, 0.3) is 0 Å². The van der Waals surface area contributed by atoms with Gasteiger partial charge in [-0.05, 0) is 29.7 Å². The minimum absolute atomic E-state index is 0.0111. The highest BCUT2D eigenvalue weighted by Crippen LogP contribution is 2.25. The van der Waals surface area contributed by atoms with E-state index in [1.807, 2.05) is 42.5 Å². The smallest absolute Gasteiger partial charge is 0.230 e. The molecule has 0 atom stereocenters. The summed E-state index contributed by atoms with van der Waals surface area (Å²) in [4.78, 5) is 12.0. The molecule has 140 valence electrons. The summed E-state index contributed by atoms with van der Waals surface area (Å²) in [7, 11) is 0. The molecule has 0 spiro atoms. The number of hydrogen-bond donors (Lipinski definition) is 2. The molecule has 3 rings (SSSR count). The van der Waals surface area contributed by atoms with E-state index in [9.17, 15) is 4.79 Å². The van der Waals surface area contributed by atoms with E-state index in [4.69, 9.17) is 11.6 Å². The number of carbonyl (C=O) groups is 1. The third-order valence-electron chi connectivity index (χ3n) is 3.67. The van der Waals surface area contributed by atoms with E-state index in [1.165, 1.54) is 28.7 Å². The molecule has 2 N–H and O–H groups in total. The highest BCUT2D eigenvalue weighted by atomic mass is 35.5. The zero-order valence-electron chi connectivity index (χ0n) is 14.5. The minimum Gasteiger partial charge on any atom is -0.356 e. The number of aromatic nitrogens is 2. The molecule has 0 radical (unpaired) electrons.